The van der Waals surface area contributed by atoms with E-state index in [1.807, 2.05) is 76.2 Å². The minimum absolute atomic E-state index is 0.112. The van der Waals surface area contributed by atoms with Crippen molar-refractivity contribution in [1.82, 2.24) is 20.3 Å². The van der Waals surface area contributed by atoms with Gasteiger partial charge in [0.25, 0.3) is 0 Å². The second kappa shape index (κ2) is 11.6. The number of methoxy groups -OCH3 is 2. The van der Waals surface area contributed by atoms with Crippen LogP contribution >= 0.6 is 0 Å². The van der Waals surface area contributed by atoms with E-state index in [1.165, 1.54) is 0 Å². The molecule has 0 unspecified atom stereocenters. The van der Waals surface area contributed by atoms with Crippen LogP contribution in [0.15, 0.2) is 66.7 Å². The topological polar surface area (TPSA) is 98.6 Å². The van der Waals surface area contributed by atoms with Gasteiger partial charge >= 0.3 is 0 Å². The Bertz CT molecular complexity index is 1450. The molecule has 1 N–H and O–H groups in total. The molecule has 0 bridgehead atoms. The molecular formula is C30H35N5O4. The second-order valence-electron chi connectivity index (χ2n) is 10.3. The van der Waals surface area contributed by atoms with Gasteiger partial charge in [0.1, 0.15) is 29.6 Å². The van der Waals surface area contributed by atoms with Crippen molar-refractivity contribution in [1.29, 1.82) is 0 Å². The summed E-state index contributed by atoms with van der Waals surface area (Å²) < 4.78 is 12.6. The van der Waals surface area contributed by atoms with Gasteiger partial charge in [-0.05, 0) is 68.7 Å². The minimum atomic E-state index is -1.02. The molecule has 0 aliphatic heterocycles. The highest BCUT2D eigenvalue weighted by Crippen LogP contribution is 2.35. The van der Waals surface area contributed by atoms with E-state index in [2.05, 4.69) is 15.6 Å². The molecule has 0 aliphatic rings. The maximum Gasteiger partial charge on any atom is 0.249 e. The molecule has 0 radical (unpaired) electrons. The van der Waals surface area contributed by atoms with E-state index >= 15 is 0 Å². The van der Waals surface area contributed by atoms with Crippen LogP contribution in [0.5, 0.6) is 11.5 Å². The van der Waals surface area contributed by atoms with Crippen molar-refractivity contribution in [2.75, 3.05) is 19.1 Å². The summed E-state index contributed by atoms with van der Waals surface area (Å²) >= 11 is 0. The highest BCUT2D eigenvalue weighted by atomic mass is 16.5. The molecule has 204 valence electrons. The van der Waals surface area contributed by atoms with Crippen molar-refractivity contribution in [2.24, 2.45) is 0 Å². The summed E-state index contributed by atoms with van der Waals surface area (Å²) in [5.41, 5.74) is 3.00. The molecule has 0 fully saturated rings. The number of nitrogens with one attached hydrogen (secondary N) is 1. The molecule has 39 heavy (non-hydrogen) atoms. The Morgan fingerprint density at radius 2 is 1.62 bits per heavy atom. The normalized spacial score (nSPS) is 12.2. The summed E-state index contributed by atoms with van der Waals surface area (Å²) in [5, 5.41) is 11.5. The predicted molar refractivity (Wildman–Crippen MR) is 151 cm³/mol. The minimum Gasteiger partial charge on any atom is -0.497 e. The predicted octanol–water partition coefficient (Wildman–Crippen LogP) is 4.70. The maximum absolute atomic E-state index is 14.3. The molecular weight excluding hydrogens is 494 g/mol. The largest absolute Gasteiger partial charge is 0.497 e. The van der Waals surface area contributed by atoms with Gasteiger partial charge in [0.05, 0.1) is 19.7 Å². The quantitative estimate of drug-likeness (QED) is 0.338. The van der Waals surface area contributed by atoms with E-state index in [1.54, 1.807) is 42.0 Å². The van der Waals surface area contributed by atoms with Crippen LogP contribution in [0.2, 0.25) is 0 Å². The van der Waals surface area contributed by atoms with E-state index in [9.17, 15) is 9.59 Å². The van der Waals surface area contributed by atoms with Gasteiger partial charge in [-0.25, -0.2) is 4.68 Å². The highest BCUT2D eigenvalue weighted by Gasteiger charge is 2.36. The van der Waals surface area contributed by atoms with Crippen LogP contribution in [-0.4, -0.2) is 46.6 Å². The summed E-state index contributed by atoms with van der Waals surface area (Å²) in [6.45, 7) is 7.62. The molecule has 1 aromatic heterocycles. The summed E-state index contributed by atoms with van der Waals surface area (Å²) in [6.07, 6.45) is 0.668. The Hall–Kier alpha value is -4.40. The zero-order chi connectivity index (χ0) is 28.2. The molecule has 4 rings (SSSR count). The number of hydrogen-bond donors (Lipinski definition) is 1. The van der Waals surface area contributed by atoms with Crippen LogP contribution in [-0.2, 0) is 22.6 Å². The number of aromatic nitrogens is 3. The van der Waals surface area contributed by atoms with Crippen LogP contribution in [0.3, 0.4) is 0 Å². The molecule has 0 spiro atoms. The maximum atomic E-state index is 14.3. The Morgan fingerprint density at radius 3 is 2.26 bits per heavy atom. The summed E-state index contributed by atoms with van der Waals surface area (Å²) in [5.74, 6) is 0.371. The van der Waals surface area contributed by atoms with Gasteiger partial charge in [-0.3, -0.25) is 14.5 Å². The number of carbonyl (C=O) groups is 2. The molecule has 1 atom stereocenters. The van der Waals surface area contributed by atoms with Crippen molar-refractivity contribution in [3.05, 3.63) is 77.9 Å². The van der Waals surface area contributed by atoms with Gasteiger partial charge in [0.2, 0.25) is 11.8 Å². The SMILES string of the molecule is CCc1ccccc1N(C(=O)Cn1nnc2ccccc21)[C@H](C(=O)NC(C)(C)C)c1cc(OC)cc(OC)c1. The molecule has 0 saturated heterocycles. The van der Waals surface area contributed by atoms with Crippen LogP contribution in [0, 0.1) is 0 Å². The van der Waals surface area contributed by atoms with Crippen molar-refractivity contribution in [3.63, 3.8) is 0 Å². The number of ether oxygens (including phenoxy) is 2. The number of anilines is 1. The first-order valence-electron chi connectivity index (χ1n) is 12.9. The summed E-state index contributed by atoms with van der Waals surface area (Å²) in [7, 11) is 3.10. The molecule has 9 nitrogen and oxygen atoms in total. The van der Waals surface area contributed by atoms with Crippen LogP contribution in [0.4, 0.5) is 5.69 Å². The van der Waals surface area contributed by atoms with Gasteiger partial charge in [-0.1, -0.05) is 42.5 Å². The number of fused-ring (bicyclic) bond motifs is 1. The number of benzene rings is 3. The van der Waals surface area contributed by atoms with Gasteiger partial charge in [-0.15, -0.1) is 5.10 Å². The first kappa shape index (κ1) is 27.6. The van der Waals surface area contributed by atoms with Crippen molar-refractivity contribution in [2.45, 2.75) is 52.2 Å². The summed E-state index contributed by atoms with van der Waals surface area (Å²) in [6, 6.07) is 19.3. The van der Waals surface area contributed by atoms with Gasteiger partial charge in [0, 0.05) is 17.3 Å². The molecule has 2 amide bonds. The molecule has 4 aromatic rings. The van der Waals surface area contributed by atoms with Crippen molar-refractivity contribution in [3.8, 4) is 11.5 Å². The van der Waals surface area contributed by atoms with Crippen molar-refractivity contribution < 1.29 is 19.1 Å². The third kappa shape index (κ3) is 6.19. The number of hydrogen-bond acceptors (Lipinski definition) is 6. The zero-order valence-electron chi connectivity index (χ0n) is 23.3. The third-order valence-electron chi connectivity index (χ3n) is 6.30. The zero-order valence-corrected chi connectivity index (χ0v) is 23.3. The average Bonchev–Trinajstić information content (AvgIpc) is 3.32. The summed E-state index contributed by atoms with van der Waals surface area (Å²) in [4.78, 5) is 29.9. The lowest BCUT2D eigenvalue weighted by Gasteiger charge is -2.35. The Kier molecular flexibility index (Phi) is 8.18. The first-order chi connectivity index (χ1) is 18.6. The van der Waals surface area contributed by atoms with E-state index < -0.39 is 11.6 Å². The molecule has 0 aliphatic carbocycles. The second-order valence-corrected chi connectivity index (χ2v) is 10.3. The smallest absolute Gasteiger partial charge is 0.249 e. The van der Waals surface area contributed by atoms with E-state index in [4.69, 9.17) is 9.47 Å². The van der Waals surface area contributed by atoms with Crippen LogP contribution in [0.25, 0.3) is 11.0 Å². The fraction of sp³-hybridized carbons (Fsp3) is 0.333. The lowest BCUT2D eigenvalue weighted by Crippen LogP contribution is -2.50. The number of aryl methyl sites for hydroxylation is 1. The van der Waals surface area contributed by atoms with Gasteiger partial charge in [0.15, 0.2) is 0 Å². The number of nitrogens with zero attached hydrogens (tertiary/aromatic N) is 4. The molecule has 1 heterocycles. The lowest BCUT2D eigenvalue weighted by atomic mass is 9.98. The monoisotopic (exact) mass is 529 g/mol. The average molecular weight is 530 g/mol. The fourth-order valence-electron chi connectivity index (χ4n) is 4.54. The standard InChI is InChI=1S/C30H35N5O4/c1-7-20-12-8-10-14-25(20)35(27(36)19-34-26-15-11-9-13-24(26)32-33-34)28(29(37)31-30(2,3)4)21-16-22(38-5)18-23(17-21)39-6/h8-18,28H,7,19H2,1-6H3,(H,31,37)/t28-/m0/s1. The number of carbonyl (C=O) groups excluding carboxylic acids is 2. The lowest BCUT2D eigenvalue weighted by molar-refractivity contribution is -0.128. The number of para-hydroxylation sites is 2. The van der Waals surface area contributed by atoms with E-state index in [-0.39, 0.29) is 18.4 Å². The molecule has 9 heteroatoms. The first-order valence-corrected chi connectivity index (χ1v) is 12.9. The van der Waals surface area contributed by atoms with Crippen molar-refractivity contribution >= 4 is 28.5 Å². The Balaban J connectivity index is 1.91. The van der Waals surface area contributed by atoms with Crippen LogP contribution in [0.1, 0.15) is 44.9 Å². The molecule has 3 aromatic carbocycles. The number of rotatable bonds is 9. The number of amides is 2. The van der Waals surface area contributed by atoms with E-state index in [0.29, 0.717) is 34.7 Å². The molecule has 0 saturated carbocycles. The van der Waals surface area contributed by atoms with Gasteiger partial charge < -0.3 is 14.8 Å². The highest BCUT2D eigenvalue weighted by molar-refractivity contribution is 6.02. The Labute approximate surface area is 228 Å². The fourth-order valence-corrected chi connectivity index (χ4v) is 4.54. The Morgan fingerprint density at radius 1 is 0.974 bits per heavy atom. The van der Waals surface area contributed by atoms with E-state index in [0.717, 1.165) is 11.1 Å². The van der Waals surface area contributed by atoms with Gasteiger partial charge in [-0.2, -0.15) is 0 Å². The van der Waals surface area contributed by atoms with Crippen LogP contribution < -0.4 is 19.7 Å². The third-order valence-corrected chi connectivity index (χ3v) is 6.30.